The van der Waals surface area contributed by atoms with Crippen molar-refractivity contribution in [1.82, 2.24) is 9.99 Å². The molecule has 0 saturated carbocycles. The monoisotopic (exact) mass is 462 g/mol. The van der Waals surface area contributed by atoms with Gasteiger partial charge in [-0.05, 0) is 48.0 Å². The lowest BCUT2D eigenvalue weighted by Crippen LogP contribution is -2.17. The molecule has 0 bridgehead atoms. The Bertz CT molecular complexity index is 1400. The number of nitrogens with one attached hydrogen (secondary N) is 1. The summed E-state index contributed by atoms with van der Waals surface area (Å²) in [5.74, 6) is -0.660. The molecule has 2 N–H and O–H groups in total. The van der Waals surface area contributed by atoms with E-state index in [4.69, 9.17) is 28.5 Å². The number of aromatic hydroxyl groups is 1. The van der Waals surface area contributed by atoms with Crippen LogP contribution in [0.2, 0.25) is 10.0 Å². The minimum absolute atomic E-state index is 0.0229. The predicted octanol–water partition coefficient (Wildman–Crippen LogP) is 5.34. The third kappa shape index (κ3) is 4.45. The number of halogens is 2. The quantitative estimate of drug-likeness (QED) is 0.309. The van der Waals surface area contributed by atoms with E-state index in [-0.39, 0.29) is 16.9 Å². The summed E-state index contributed by atoms with van der Waals surface area (Å²) in [5, 5.41) is 24.6. The Hall–Kier alpha value is -3.79. The fourth-order valence-electron chi connectivity index (χ4n) is 3.32. The number of hydrogen-bond donors (Lipinski definition) is 2. The number of hydrazone groups is 1. The first-order chi connectivity index (χ1) is 15.5. The van der Waals surface area contributed by atoms with Crippen LogP contribution >= 0.6 is 23.2 Å². The van der Waals surface area contributed by atoms with Crippen molar-refractivity contribution < 1.29 is 9.90 Å². The van der Waals surface area contributed by atoms with Crippen LogP contribution < -0.4 is 5.43 Å². The van der Waals surface area contributed by atoms with Gasteiger partial charge >= 0.3 is 0 Å². The van der Waals surface area contributed by atoms with E-state index in [0.29, 0.717) is 16.6 Å². The van der Waals surface area contributed by atoms with Crippen molar-refractivity contribution in [3.63, 3.8) is 0 Å². The Morgan fingerprint density at radius 1 is 1.12 bits per heavy atom. The maximum Gasteiger partial charge on any atom is 0.271 e. The van der Waals surface area contributed by atoms with E-state index in [1.54, 1.807) is 12.3 Å². The molecule has 0 aliphatic heterocycles. The van der Waals surface area contributed by atoms with Crippen molar-refractivity contribution in [3.05, 3.63) is 99.2 Å². The fourth-order valence-corrected chi connectivity index (χ4v) is 3.64. The van der Waals surface area contributed by atoms with Crippen molar-refractivity contribution in [2.75, 3.05) is 0 Å². The Balaban J connectivity index is 1.52. The van der Waals surface area contributed by atoms with Gasteiger partial charge < -0.3 is 9.67 Å². The maximum absolute atomic E-state index is 12.3. The molecule has 4 rings (SSSR count). The number of carbonyl (C=O) groups excluding carboxylic acids is 1. The number of aromatic nitrogens is 1. The minimum Gasteiger partial charge on any atom is -0.507 e. The number of rotatable bonds is 5. The lowest BCUT2D eigenvalue weighted by Gasteiger charge is -2.07. The molecule has 0 spiro atoms. The number of nitriles is 1. The average Bonchev–Trinajstić information content (AvgIpc) is 3.20. The number of benzene rings is 3. The number of phenolic OH excluding ortho intramolecular Hbond substituents is 1. The van der Waals surface area contributed by atoms with E-state index >= 15 is 0 Å². The van der Waals surface area contributed by atoms with Gasteiger partial charge in [0.2, 0.25) is 0 Å². The van der Waals surface area contributed by atoms with Crippen LogP contribution in [0, 0.1) is 11.3 Å². The molecule has 4 aromatic rings. The number of fused-ring (bicyclic) bond motifs is 1. The minimum atomic E-state index is -0.484. The van der Waals surface area contributed by atoms with Gasteiger partial charge in [-0.1, -0.05) is 41.4 Å². The zero-order chi connectivity index (χ0) is 22.7. The van der Waals surface area contributed by atoms with Gasteiger partial charge in [0.15, 0.2) is 0 Å². The standard InChI is InChI=1S/C24H16Cl2N4O2/c25-20-6-4-15(10-21(20)26)14-30-9-8-19-17(2-1-3-22(19)30)13-28-29-24(32)16-5-7-23(31)18(11-16)12-27/h1-11,13,31H,14H2,(H,29,32)/b28-13+. The summed E-state index contributed by atoms with van der Waals surface area (Å²) < 4.78 is 2.09. The Morgan fingerprint density at radius 3 is 2.75 bits per heavy atom. The molecule has 0 atom stereocenters. The first-order valence-corrected chi connectivity index (χ1v) is 10.3. The highest BCUT2D eigenvalue weighted by molar-refractivity contribution is 6.42. The van der Waals surface area contributed by atoms with E-state index in [2.05, 4.69) is 15.1 Å². The van der Waals surface area contributed by atoms with Gasteiger partial charge in [0.05, 0.1) is 21.8 Å². The van der Waals surface area contributed by atoms with Crippen LogP contribution in [0.5, 0.6) is 5.75 Å². The van der Waals surface area contributed by atoms with E-state index in [9.17, 15) is 9.90 Å². The summed E-state index contributed by atoms with van der Waals surface area (Å²) in [7, 11) is 0. The molecule has 6 nitrogen and oxygen atoms in total. The molecule has 3 aromatic carbocycles. The van der Waals surface area contributed by atoms with Gasteiger partial charge in [-0.3, -0.25) is 4.79 Å². The summed E-state index contributed by atoms with van der Waals surface area (Å²) in [6.07, 6.45) is 3.54. The molecule has 158 valence electrons. The summed E-state index contributed by atoms with van der Waals surface area (Å²) in [6.45, 7) is 0.625. The van der Waals surface area contributed by atoms with Crippen molar-refractivity contribution >= 4 is 46.2 Å². The van der Waals surface area contributed by atoms with Crippen LogP contribution in [0.25, 0.3) is 10.9 Å². The number of carbonyl (C=O) groups is 1. The maximum atomic E-state index is 12.3. The first-order valence-electron chi connectivity index (χ1n) is 9.54. The van der Waals surface area contributed by atoms with Gasteiger partial charge in [0.25, 0.3) is 5.91 Å². The third-order valence-electron chi connectivity index (χ3n) is 4.93. The molecule has 1 amide bonds. The summed E-state index contributed by atoms with van der Waals surface area (Å²) in [5.41, 5.74) is 5.55. The number of phenols is 1. The normalized spacial score (nSPS) is 11.0. The zero-order valence-corrected chi connectivity index (χ0v) is 18.1. The highest BCUT2D eigenvalue weighted by atomic mass is 35.5. The SMILES string of the molecule is N#Cc1cc(C(=O)N/N=C/c2cccc3c2ccn3Cc2ccc(Cl)c(Cl)c2)ccc1O. The molecule has 0 fully saturated rings. The van der Waals surface area contributed by atoms with Crippen molar-refractivity contribution in [3.8, 4) is 11.8 Å². The van der Waals surface area contributed by atoms with Gasteiger partial charge in [0.1, 0.15) is 11.8 Å². The van der Waals surface area contributed by atoms with Gasteiger partial charge in [-0.25, -0.2) is 5.43 Å². The second-order valence-electron chi connectivity index (χ2n) is 7.01. The van der Waals surface area contributed by atoms with E-state index in [0.717, 1.165) is 22.0 Å². The van der Waals surface area contributed by atoms with E-state index in [1.165, 1.54) is 18.2 Å². The lowest BCUT2D eigenvalue weighted by atomic mass is 10.1. The molecular formula is C24H16Cl2N4O2. The average molecular weight is 463 g/mol. The van der Waals surface area contributed by atoms with E-state index < -0.39 is 5.91 Å². The molecule has 8 heteroatoms. The van der Waals surface area contributed by atoms with Crippen LogP contribution in [0.15, 0.2) is 72.0 Å². The van der Waals surface area contributed by atoms with Crippen LogP contribution in [0.4, 0.5) is 0 Å². The molecule has 32 heavy (non-hydrogen) atoms. The predicted molar refractivity (Wildman–Crippen MR) is 125 cm³/mol. The van der Waals surface area contributed by atoms with Gasteiger partial charge in [0, 0.05) is 34.8 Å². The molecule has 0 aliphatic carbocycles. The summed E-state index contributed by atoms with van der Waals surface area (Å²) >= 11 is 12.1. The molecule has 0 aliphatic rings. The lowest BCUT2D eigenvalue weighted by molar-refractivity contribution is 0.0955. The zero-order valence-electron chi connectivity index (χ0n) is 16.6. The largest absolute Gasteiger partial charge is 0.507 e. The van der Waals surface area contributed by atoms with Gasteiger partial charge in [-0.2, -0.15) is 10.4 Å². The highest BCUT2D eigenvalue weighted by Crippen LogP contribution is 2.25. The Morgan fingerprint density at radius 2 is 1.97 bits per heavy atom. The van der Waals surface area contributed by atoms with Crippen LogP contribution in [-0.4, -0.2) is 21.8 Å². The highest BCUT2D eigenvalue weighted by Gasteiger charge is 2.09. The van der Waals surface area contributed by atoms with Gasteiger partial charge in [-0.15, -0.1) is 0 Å². The summed E-state index contributed by atoms with van der Waals surface area (Å²) in [4.78, 5) is 12.3. The second kappa shape index (κ2) is 9.15. The molecule has 0 radical (unpaired) electrons. The number of nitrogens with zero attached hydrogens (tertiary/aromatic N) is 3. The fraction of sp³-hybridized carbons (Fsp3) is 0.0417. The topological polar surface area (TPSA) is 90.4 Å². The molecular weight excluding hydrogens is 447 g/mol. The molecule has 0 saturated heterocycles. The van der Waals surface area contributed by atoms with Crippen molar-refractivity contribution in [2.45, 2.75) is 6.54 Å². The van der Waals surface area contributed by atoms with E-state index in [1.807, 2.05) is 48.7 Å². The molecule has 0 unspecified atom stereocenters. The van der Waals surface area contributed by atoms with Crippen LogP contribution in [-0.2, 0) is 6.54 Å². The summed E-state index contributed by atoms with van der Waals surface area (Å²) in [6, 6.07) is 19.2. The smallest absolute Gasteiger partial charge is 0.271 e. The van der Waals surface area contributed by atoms with Crippen LogP contribution in [0.3, 0.4) is 0 Å². The third-order valence-corrected chi connectivity index (χ3v) is 5.67. The number of amides is 1. The second-order valence-corrected chi connectivity index (χ2v) is 7.83. The molecule has 1 aromatic heterocycles. The molecule has 1 heterocycles. The Labute approximate surface area is 193 Å². The van der Waals surface area contributed by atoms with Crippen molar-refractivity contribution in [2.24, 2.45) is 5.10 Å². The number of hydrogen-bond acceptors (Lipinski definition) is 4. The Kier molecular flexibility index (Phi) is 6.13. The first kappa shape index (κ1) is 21.4. The van der Waals surface area contributed by atoms with Crippen molar-refractivity contribution in [1.29, 1.82) is 5.26 Å². The van der Waals surface area contributed by atoms with Crippen LogP contribution in [0.1, 0.15) is 27.0 Å².